The standard InChI is InChI=1S/C10H9F4NO/c1-5(15)9(16)6-2-7(10(12,13)14)4-8(11)3-6/h2-5H,15H2,1H3. The lowest BCUT2D eigenvalue weighted by molar-refractivity contribution is -0.137. The Hall–Kier alpha value is -1.43. The molecule has 0 bridgehead atoms. The first-order valence-corrected chi connectivity index (χ1v) is 4.39. The smallest absolute Gasteiger partial charge is 0.321 e. The Morgan fingerprint density at radius 3 is 2.31 bits per heavy atom. The van der Waals surface area contributed by atoms with Crippen LogP contribution in [0.25, 0.3) is 0 Å². The molecule has 16 heavy (non-hydrogen) atoms. The van der Waals surface area contributed by atoms with E-state index in [4.69, 9.17) is 5.73 Å². The first-order chi connectivity index (χ1) is 7.21. The van der Waals surface area contributed by atoms with Gasteiger partial charge in [0, 0.05) is 5.56 Å². The molecule has 0 heterocycles. The fraction of sp³-hybridized carbons (Fsp3) is 0.300. The molecule has 0 fully saturated rings. The highest BCUT2D eigenvalue weighted by molar-refractivity contribution is 5.99. The number of carbonyl (C=O) groups excluding carboxylic acids is 1. The van der Waals surface area contributed by atoms with Crippen molar-refractivity contribution in [2.24, 2.45) is 5.73 Å². The van der Waals surface area contributed by atoms with Crippen LogP contribution in [-0.4, -0.2) is 11.8 Å². The van der Waals surface area contributed by atoms with Crippen LogP contribution in [0.5, 0.6) is 0 Å². The highest BCUT2D eigenvalue weighted by Gasteiger charge is 2.32. The molecule has 0 aromatic heterocycles. The highest BCUT2D eigenvalue weighted by atomic mass is 19.4. The summed E-state index contributed by atoms with van der Waals surface area (Å²) in [6, 6.07) is 0.691. The predicted octanol–water partition coefficient (Wildman–Crippen LogP) is 2.37. The van der Waals surface area contributed by atoms with E-state index in [1.54, 1.807) is 0 Å². The van der Waals surface area contributed by atoms with E-state index >= 15 is 0 Å². The molecule has 1 rings (SSSR count). The van der Waals surface area contributed by atoms with Crippen LogP contribution in [0.2, 0.25) is 0 Å². The molecule has 0 saturated carbocycles. The Balaban J connectivity index is 3.24. The number of hydrogen-bond acceptors (Lipinski definition) is 2. The quantitative estimate of drug-likeness (QED) is 0.631. The van der Waals surface area contributed by atoms with Crippen LogP contribution in [0.1, 0.15) is 22.8 Å². The van der Waals surface area contributed by atoms with E-state index in [-0.39, 0.29) is 5.56 Å². The van der Waals surface area contributed by atoms with Gasteiger partial charge in [-0.25, -0.2) is 4.39 Å². The van der Waals surface area contributed by atoms with Gasteiger partial charge >= 0.3 is 6.18 Å². The first-order valence-electron chi connectivity index (χ1n) is 4.39. The van der Waals surface area contributed by atoms with Gasteiger partial charge in [0.1, 0.15) is 5.82 Å². The topological polar surface area (TPSA) is 43.1 Å². The highest BCUT2D eigenvalue weighted by Crippen LogP contribution is 2.30. The summed E-state index contributed by atoms with van der Waals surface area (Å²) in [6.45, 7) is 1.32. The fourth-order valence-corrected chi connectivity index (χ4v) is 1.16. The SMILES string of the molecule is CC(N)C(=O)c1cc(F)cc(C(F)(F)F)c1. The third kappa shape index (κ3) is 2.79. The van der Waals surface area contributed by atoms with Gasteiger partial charge in [-0.3, -0.25) is 4.79 Å². The third-order valence-corrected chi connectivity index (χ3v) is 1.92. The minimum absolute atomic E-state index is 0.331. The van der Waals surface area contributed by atoms with Crippen molar-refractivity contribution in [2.45, 2.75) is 19.1 Å². The summed E-state index contributed by atoms with van der Waals surface area (Å²) in [5.74, 6) is -1.84. The van der Waals surface area contributed by atoms with Crippen molar-refractivity contribution >= 4 is 5.78 Å². The number of ketones is 1. The van der Waals surface area contributed by atoms with E-state index in [0.717, 1.165) is 6.07 Å². The van der Waals surface area contributed by atoms with Crippen molar-refractivity contribution in [2.75, 3.05) is 0 Å². The lowest BCUT2D eigenvalue weighted by atomic mass is 10.0. The van der Waals surface area contributed by atoms with Crippen molar-refractivity contribution in [3.05, 3.63) is 35.1 Å². The molecule has 0 aliphatic heterocycles. The molecule has 0 aliphatic rings. The molecule has 1 unspecified atom stereocenters. The van der Waals surface area contributed by atoms with Crippen LogP contribution in [0.4, 0.5) is 17.6 Å². The average molecular weight is 235 g/mol. The van der Waals surface area contributed by atoms with E-state index in [1.807, 2.05) is 0 Å². The van der Waals surface area contributed by atoms with Gasteiger partial charge < -0.3 is 5.73 Å². The summed E-state index contributed by atoms with van der Waals surface area (Å²) in [5, 5.41) is 0. The van der Waals surface area contributed by atoms with Gasteiger partial charge in [-0.05, 0) is 25.1 Å². The number of Topliss-reactive ketones (excluding diaryl/α,β-unsaturated/α-hetero) is 1. The van der Waals surface area contributed by atoms with Crippen molar-refractivity contribution in [3.8, 4) is 0 Å². The van der Waals surface area contributed by atoms with Gasteiger partial charge in [-0.1, -0.05) is 0 Å². The maximum absolute atomic E-state index is 12.9. The van der Waals surface area contributed by atoms with Gasteiger partial charge in [0.05, 0.1) is 11.6 Å². The van der Waals surface area contributed by atoms with Crippen LogP contribution < -0.4 is 5.73 Å². The number of benzene rings is 1. The summed E-state index contributed by atoms with van der Waals surface area (Å²) < 4.78 is 49.8. The first kappa shape index (κ1) is 12.6. The van der Waals surface area contributed by atoms with E-state index in [1.165, 1.54) is 6.92 Å². The fourth-order valence-electron chi connectivity index (χ4n) is 1.16. The molecule has 0 aliphatic carbocycles. The molecule has 0 saturated heterocycles. The summed E-state index contributed by atoms with van der Waals surface area (Å²) >= 11 is 0. The van der Waals surface area contributed by atoms with Crippen LogP contribution in [-0.2, 0) is 6.18 Å². The Morgan fingerprint density at radius 2 is 1.88 bits per heavy atom. The van der Waals surface area contributed by atoms with Gasteiger partial charge in [-0.15, -0.1) is 0 Å². The molecule has 0 radical (unpaired) electrons. The average Bonchev–Trinajstić information content (AvgIpc) is 2.14. The molecule has 1 aromatic carbocycles. The zero-order valence-corrected chi connectivity index (χ0v) is 8.31. The second kappa shape index (κ2) is 4.21. The maximum Gasteiger partial charge on any atom is 0.416 e. The normalized spacial score (nSPS) is 13.6. The van der Waals surface area contributed by atoms with Crippen molar-refractivity contribution < 1.29 is 22.4 Å². The molecule has 0 amide bonds. The number of alkyl halides is 3. The summed E-state index contributed by atoms with van der Waals surface area (Å²) in [4.78, 5) is 11.3. The van der Waals surface area contributed by atoms with E-state index in [2.05, 4.69) is 0 Å². The molecule has 88 valence electrons. The van der Waals surface area contributed by atoms with Crippen LogP contribution in [0.15, 0.2) is 18.2 Å². The zero-order chi connectivity index (χ0) is 12.5. The third-order valence-electron chi connectivity index (χ3n) is 1.92. The van der Waals surface area contributed by atoms with E-state index in [0.29, 0.717) is 12.1 Å². The van der Waals surface area contributed by atoms with Gasteiger partial charge in [-0.2, -0.15) is 13.2 Å². The molecular weight excluding hydrogens is 226 g/mol. The molecule has 2 N–H and O–H groups in total. The Morgan fingerprint density at radius 1 is 1.31 bits per heavy atom. The molecule has 1 aromatic rings. The number of nitrogens with two attached hydrogens (primary N) is 1. The summed E-state index contributed by atoms with van der Waals surface area (Å²) in [5.41, 5.74) is 3.65. The van der Waals surface area contributed by atoms with Gasteiger partial charge in [0.2, 0.25) is 0 Å². The lowest BCUT2D eigenvalue weighted by Gasteiger charge is -2.10. The maximum atomic E-state index is 12.9. The van der Waals surface area contributed by atoms with Gasteiger partial charge in [0.15, 0.2) is 5.78 Å². The van der Waals surface area contributed by atoms with Crippen molar-refractivity contribution in [3.63, 3.8) is 0 Å². The molecule has 0 spiro atoms. The minimum Gasteiger partial charge on any atom is -0.321 e. The monoisotopic (exact) mass is 235 g/mol. The number of hydrogen-bond donors (Lipinski definition) is 1. The van der Waals surface area contributed by atoms with Crippen LogP contribution in [0.3, 0.4) is 0 Å². The van der Waals surface area contributed by atoms with Crippen molar-refractivity contribution in [1.82, 2.24) is 0 Å². The summed E-state index contributed by atoms with van der Waals surface area (Å²) in [7, 11) is 0. The van der Waals surface area contributed by atoms with Crippen molar-refractivity contribution in [1.29, 1.82) is 0 Å². The molecule has 1 atom stereocenters. The zero-order valence-electron chi connectivity index (χ0n) is 8.31. The largest absolute Gasteiger partial charge is 0.416 e. The van der Waals surface area contributed by atoms with Gasteiger partial charge in [0.25, 0.3) is 0 Å². The Bertz CT molecular complexity index is 412. The summed E-state index contributed by atoms with van der Waals surface area (Å²) in [6.07, 6.45) is -4.69. The Kier molecular flexibility index (Phi) is 3.32. The second-order valence-electron chi connectivity index (χ2n) is 3.38. The van der Waals surface area contributed by atoms with E-state index < -0.39 is 29.4 Å². The Labute approximate surface area is 89.1 Å². The number of carbonyl (C=O) groups is 1. The van der Waals surface area contributed by atoms with Crippen LogP contribution >= 0.6 is 0 Å². The molecule has 6 heteroatoms. The number of halogens is 4. The predicted molar refractivity (Wildman–Crippen MR) is 49.4 cm³/mol. The number of rotatable bonds is 2. The molecular formula is C10H9F4NO. The second-order valence-corrected chi connectivity index (χ2v) is 3.38. The lowest BCUT2D eigenvalue weighted by Crippen LogP contribution is -2.27. The van der Waals surface area contributed by atoms with E-state index in [9.17, 15) is 22.4 Å². The van der Waals surface area contributed by atoms with Crippen LogP contribution in [0, 0.1) is 5.82 Å². The minimum atomic E-state index is -4.69. The molecule has 2 nitrogen and oxygen atoms in total.